The van der Waals surface area contributed by atoms with Gasteiger partial charge >= 0.3 is 5.97 Å². The van der Waals surface area contributed by atoms with E-state index in [-0.39, 0.29) is 17.8 Å². The van der Waals surface area contributed by atoms with Crippen molar-refractivity contribution in [1.29, 1.82) is 0 Å². The van der Waals surface area contributed by atoms with Gasteiger partial charge in [0, 0.05) is 5.56 Å². The number of benzene rings is 1. The van der Waals surface area contributed by atoms with Crippen LogP contribution in [0.2, 0.25) is 0 Å². The first-order valence-electron chi connectivity index (χ1n) is 8.84. The standard InChI is InChI=1S/C20H32O3.ClH/c1-5-6-7-8-9-10-11-14-20(2,3)17-15-16(19(21)22)12-13-18(17)23-4;/h12-13,15H,5-11,14H2,1-4H3,(H,21,22);1H. The molecule has 4 heteroatoms. The number of aromatic carboxylic acids is 1. The van der Waals surface area contributed by atoms with E-state index in [1.54, 1.807) is 25.3 Å². The predicted molar refractivity (Wildman–Crippen MR) is 103 cm³/mol. The average molecular weight is 357 g/mol. The summed E-state index contributed by atoms with van der Waals surface area (Å²) >= 11 is 0. The van der Waals surface area contributed by atoms with Crippen molar-refractivity contribution in [2.24, 2.45) is 0 Å². The Kier molecular flexibility index (Phi) is 10.8. The topological polar surface area (TPSA) is 46.5 Å². The fourth-order valence-electron chi connectivity index (χ4n) is 3.03. The molecule has 0 bridgehead atoms. The molecule has 0 aliphatic heterocycles. The highest BCUT2D eigenvalue weighted by atomic mass is 35.5. The van der Waals surface area contributed by atoms with E-state index in [9.17, 15) is 9.90 Å². The molecule has 3 nitrogen and oxygen atoms in total. The van der Waals surface area contributed by atoms with Gasteiger partial charge in [0.15, 0.2) is 0 Å². The molecule has 1 aromatic rings. The summed E-state index contributed by atoms with van der Waals surface area (Å²) in [5.41, 5.74) is 1.24. The van der Waals surface area contributed by atoms with Crippen LogP contribution in [0.3, 0.4) is 0 Å². The van der Waals surface area contributed by atoms with Crippen molar-refractivity contribution >= 4 is 18.4 Å². The van der Waals surface area contributed by atoms with Gasteiger partial charge in [0.1, 0.15) is 5.75 Å². The Bertz CT molecular complexity index is 498. The number of unbranched alkanes of at least 4 members (excludes halogenated alkanes) is 6. The summed E-state index contributed by atoms with van der Waals surface area (Å²) in [6.07, 6.45) is 10.0. The van der Waals surface area contributed by atoms with E-state index in [4.69, 9.17) is 4.74 Å². The van der Waals surface area contributed by atoms with E-state index < -0.39 is 5.97 Å². The van der Waals surface area contributed by atoms with Crippen LogP contribution in [0.1, 0.15) is 88.1 Å². The number of carbonyl (C=O) groups is 1. The van der Waals surface area contributed by atoms with Crippen LogP contribution in [0.5, 0.6) is 5.75 Å². The lowest BCUT2D eigenvalue weighted by atomic mass is 9.79. The van der Waals surface area contributed by atoms with Crippen LogP contribution in [0.15, 0.2) is 18.2 Å². The maximum Gasteiger partial charge on any atom is 0.335 e. The van der Waals surface area contributed by atoms with Gasteiger partial charge in [-0.05, 0) is 30.0 Å². The summed E-state index contributed by atoms with van der Waals surface area (Å²) in [4.78, 5) is 11.2. The number of methoxy groups -OCH3 is 1. The smallest absolute Gasteiger partial charge is 0.335 e. The van der Waals surface area contributed by atoms with Crippen molar-refractivity contribution in [3.8, 4) is 5.75 Å². The van der Waals surface area contributed by atoms with E-state index in [0.29, 0.717) is 5.56 Å². The molecular weight excluding hydrogens is 324 g/mol. The van der Waals surface area contributed by atoms with Gasteiger partial charge in [-0.2, -0.15) is 0 Å². The first kappa shape index (κ1) is 22.8. The Hall–Kier alpha value is -1.22. The fourth-order valence-corrected chi connectivity index (χ4v) is 3.03. The lowest BCUT2D eigenvalue weighted by Crippen LogP contribution is -2.19. The van der Waals surface area contributed by atoms with Crippen LogP contribution in [-0.2, 0) is 5.41 Å². The highest BCUT2D eigenvalue weighted by Crippen LogP contribution is 2.36. The maximum atomic E-state index is 11.2. The number of hydrogen-bond donors (Lipinski definition) is 1. The van der Waals surface area contributed by atoms with Crippen LogP contribution in [0.4, 0.5) is 0 Å². The Morgan fingerprint density at radius 3 is 2.21 bits per heavy atom. The fraction of sp³-hybridized carbons (Fsp3) is 0.650. The highest BCUT2D eigenvalue weighted by Gasteiger charge is 2.25. The van der Waals surface area contributed by atoms with Gasteiger partial charge in [-0.15, -0.1) is 12.4 Å². The molecule has 0 aromatic heterocycles. The van der Waals surface area contributed by atoms with Crippen LogP contribution in [-0.4, -0.2) is 18.2 Å². The van der Waals surface area contributed by atoms with E-state index in [1.165, 1.54) is 44.9 Å². The Balaban J connectivity index is 0.00000529. The molecule has 0 amide bonds. The van der Waals surface area contributed by atoms with Crippen LogP contribution < -0.4 is 4.74 Å². The Morgan fingerprint density at radius 1 is 1.08 bits per heavy atom. The molecule has 0 aliphatic carbocycles. The Morgan fingerprint density at radius 2 is 1.67 bits per heavy atom. The normalized spacial score (nSPS) is 11.0. The molecule has 0 heterocycles. The second kappa shape index (κ2) is 11.4. The monoisotopic (exact) mass is 356 g/mol. The first-order valence-corrected chi connectivity index (χ1v) is 8.84. The minimum Gasteiger partial charge on any atom is -0.496 e. The van der Waals surface area contributed by atoms with Gasteiger partial charge in [-0.1, -0.05) is 65.7 Å². The van der Waals surface area contributed by atoms with Crippen molar-refractivity contribution < 1.29 is 14.6 Å². The quantitative estimate of drug-likeness (QED) is 0.478. The molecule has 1 N–H and O–H groups in total. The zero-order chi connectivity index (χ0) is 17.3. The maximum absolute atomic E-state index is 11.2. The number of ether oxygens (including phenoxy) is 1. The molecule has 138 valence electrons. The molecule has 1 aromatic carbocycles. The third-order valence-corrected chi connectivity index (χ3v) is 4.58. The third-order valence-electron chi connectivity index (χ3n) is 4.58. The van der Waals surface area contributed by atoms with Crippen molar-refractivity contribution in [3.63, 3.8) is 0 Å². The Labute approximate surface area is 153 Å². The number of carboxylic acids is 1. The van der Waals surface area contributed by atoms with Crippen molar-refractivity contribution in [2.75, 3.05) is 7.11 Å². The zero-order valence-corrected chi connectivity index (χ0v) is 16.4. The molecule has 0 aliphatic rings. The lowest BCUT2D eigenvalue weighted by molar-refractivity contribution is 0.0696. The van der Waals surface area contributed by atoms with E-state index in [0.717, 1.165) is 17.7 Å². The second-order valence-electron chi connectivity index (χ2n) is 6.98. The summed E-state index contributed by atoms with van der Waals surface area (Å²) < 4.78 is 5.45. The predicted octanol–water partition coefficient (Wildman–Crippen LogP) is 6.23. The minimum atomic E-state index is -0.888. The second-order valence-corrected chi connectivity index (χ2v) is 6.98. The summed E-state index contributed by atoms with van der Waals surface area (Å²) in [6.45, 7) is 6.59. The number of rotatable bonds is 11. The van der Waals surface area contributed by atoms with Gasteiger partial charge in [-0.25, -0.2) is 4.79 Å². The molecule has 0 atom stereocenters. The zero-order valence-electron chi connectivity index (χ0n) is 15.6. The van der Waals surface area contributed by atoms with Gasteiger partial charge in [0.05, 0.1) is 12.7 Å². The lowest BCUT2D eigenvalue weighted by Gasteiger charge is -2.27. The number of halogens is 1. The van der Waals surface area contributed by atoms with Crippen molar-refractivity contribution in [3.05, 3.63) is 29.3 Å². The molecular formula is C20H33ClO3. The first-order chi connectivity index (χ1) is 10.9. The van der Waals surface area contributed by atoms with Crippen LogP contribution in [0, 0.1) is 0 Å². The van der Waals surface area contributed by atoms with Gasteiger partial charge < -0.3 is 9.84 Å². The van der Waals surface area contributed by atoms with Gasteiger partial charge in [0.2, 0.25) is 0 Å². The molecule has 0 saturated carbocycles. The van der Waals surface area contributed by atoms with Gasteiger partial charge in [0.25, 0.3) is 0 Å². The minimum absolute atomic E-state index is 0. The largest absolute Gasteiger partial charge is 0.496 e. The van der Waals surface area contributed by atoms with Gasteiger partial charge in [-0.3, -0.25) is 0 Å². The summed E-state index contributed by atoms with van der Waals surface area (Å²) in [5.74, 6) is -0.108. The summed E-state index contributed by atoms with van der Waals surface area (Å²) in [5, 5.41) is 9.21. The van der Waals surface area contributed by atoms with Crippen molar-refractivity contribution in [2.45, 2.75) is 77.6 Å². The summed E-state index contributed by atoms with van der Waals surface area (Å²) in [7, 11) is 1.64. The van der Waals surface area contributed by atoms with Crippen molar-refractivity contribution in [1.82, 2.24) is 0 Å². The molecule has 0 spiro atoms. The average Bonchev–Trinajstić information content (AvgIpc) is 2.53. The number of carboxylic acid groups (broad SMARTS) is 1. The van der Waals surface area contributed by atoms with Crippen LogP contribution >= 0.6 is 12.4 Å². The van der Waals surface area contributed by atoms with E-state index >= 15 is 0 Å². The molecule has 0 radical (unpaired) electrons. The van der Waals surface area contributed by atoms with E-state index in [1.807, 2.05) is 0 Å². The molecule has 0 fully saturated rings. The SMILES string of the molecule is CCCCCCCCCC(C)(C)c1cc(C(=O)O)ccc1OC.Cl. The van der Waals surface area contributed by atoms with Crippen LogP contribution in [0.25, 0.3) is 0 Å². The third kappa shape index (κ3) is 7.12. The highest BCUT2D eigenvalue weighted by molar-refractivity contribution is 5.88. The van der Waals surface area contributed by atoms with E-state index in [2.05, 4.69) is 20.8 Å². The number of hydrogen-bond acceptors (Lipinski definition) is 2. The molecule has 0 unspecified atom stereocenters. The molecule has 1 rings (SSSR count). The molecule has 0 saturated heterocycles. The summed E-state index contributed by atoms with van der Waals surface area (Å²) in [6, 6.07) is 5.14. The molecule has 24 heavy (non-hydrogen) atoms.